The van der Waals surface area contributed by atoms with Gasteiger partial charge in [0.15, 0.2) is 0 Å². The van der Waals surface area contributed by atoms with Crippen LogP contribution < -0.4 is 0 Å². The van der Waals surface area contributed by atoms with Crippen molar-refractivity contribution in [3.05, 3.63) is 34.9 Å². The van der Waals surface area contributed by atoms with E-state index in [2.05, 4.69) is 52.8 Å². The monoisotopic (exact) mass is 220 g/mol. The molecule has 0 heterocycles. The maximum Gasteiger partial charge on any atom is 0.0708 e. The molecule has 0 bridgehead atoms. The smallest absolute Gasteiger partial charge is 0.0708 e. The first-order valence-electron chi connectivity index (χ1n) is 6.18. The molecule has 1 N–H and O–H groups in total. The van der Waals surface area contributed by atoms with Crippen molar-refractivity contribution in [1.82, 2.24) is 0 Å². The highest BCUT2D eigenvalue weighted by Crippen LogP contribution is 2.28. The molecule has 1 heteroatoms. The minimum absolute atomic E-state index is 0.288. The minimum atomic E-state index is -0.573. The van der Waals surface area contributed by atoms with Gasteiger partial charge < -0.3 is 5.11 Å². The summed E-state index contributed by atoms with van der Waals surface area (Å²) in [4.78, 5) is 0. The predicted molar refractivity (Wildman–Crippen MR) is 69.7 cm³/mol. The first kappa shape index (κ1) is 13.2. The Labute approximate surface area is 99.5 Å². The van der Waals surface area contributed by atoms with Gasteiger partial charge in [0.05, 0.1) is 5.60 Å². The fourth-order valence-corrected chi connectivity index (χ4v) is 2.17. The molecule has 0 fully saturated rings. The van der Waals surface area contributed by atoms with E-state index in [0.29, 0.717) is 0 Å². The van der Waals surface area contributed by atoms with Crippen LogP contribution in [-0.2, 0) is 6.42 Å². The van der Waals surface area contributed by atoms with E-state index in [-0.39, 0.29) is 5.92 Å². The highest BCUT2D eigenvalue weighted by atomic mass is 16.3. The van der Waals surface area contributed by atoms with Crippen molar-refractivity contribution >= 4 is 0 Å². The van der Waals surface area contributed by atoms with Gasteiger partial charge in [0.2, 0.25) is 0 Å². The molecule has 1 aromatic carbocycles. The fraction of sp³-hybridized carbons (Fsp3) is 0.600. The maximum absolute atomic E-state index is 10.6. The molecule has 1 unspecified atom stereocenters. The second-order valence-corrected chi connectivity index (χ2v) is 5.16. The van der Waals surface area contributed by atoms with Crippen LogP contribution in [0.15, 0.2) is 18.2 Å². The molecule has 90 valence electrons. The topological polar surface area (TPSA) is 20.2 Å². The summed E-state index contributed by atoms with van der Waals surface area (Å²) in [6, 6.07) is 6.33. The Bertz CT molecular complexity index is 334. The lowest BCUT2D eigenvalue weighted by molar-refractivity contribution is -0.00853. The third-order valence-electron chi connectivity index (χ3n) is 3.81. The van der Waals surface area contributed by atoms with Gasteiger partial charge in [-0.2, -0.15) is 0 Å². The summed E-state index contributed by atoms with van der Waals surface area (Å²) < 4.78 is 0. The van der Waals surface area contributed by atoms with E-state index in [9.17, 15) is 5.11 Å². The Morgan fingerprint density at radius 1 is 1.19 bits per heavy atom. The van der Waals surface area contributed by atoms with Gasteiger partial charge in [-0.1, -0.05) is 39.0 Å². The Hall–Kier alpha value is -0.820. The van der Waals surface area contributed by atoms with E-state index in [4.69, 9.17) is 0 Å². The molecule has 0 saturated carbocycles. The lowest BCUT2D eigenvalue weighted by Crippen LogP contribution is -2.37. The van der Waals surface area contributed by atoms with E-state index in [1.807, 2.05) is 0 Å². The summed E-state index contributed by atoms with van der Waals surface area (Å²) in [6.45, 7) is 10.5. The zero-order chi connectivity index (χ0) is 12.3. The van der Waals surface area contributed by atoms with Crippen molar-refractivity contribution in [2.75, 3.05) is 0 Å². The molecule has 0 amide bonds. The molecule has 1 aromatic rings. The lowest BCUT2D eigenvalue weighted by atomic mass is 9.80. The van der Waals surface area contributed by atoms with Gasteiger partial charge in [-0.15, -0.1) is 0 Å². The van der Waals surface area contributed by atoms with Crippen molar-refractivity contribution in [3.63, 3.8) is 0 Å². The van der Waals surface area contributed by atoms with Crippen molar-refractivity contribution in [2.24, 2.45) is 5.92 Å². The maximum atomic E-state index is 10.6. The molecular formula is C15H24O. The average Bonchev–Trinajstić information content (AvgIpc) is 2.23. The lowest BCUT2D eigenvalue weighted by Gasteiger charge is -2.32. The Kier molecular flexibility index (Phi) is 4.15. The van der Waals surface area contributed by atoms with Crippen molar-refractivity contribution in [3.8, 4) is 0 Å². The van der Waals surface area contributed by atoms with E-state index < -0.39 is 5.60 Å². The van der Waals surface area contributed by atoms with Crippen LogP contribution >= 0.6 is 0 Å². The number of benzene rings is 1. The second-order valence-electron chi connectivity index (χ2n) is 5.16. The predicted octanol–water partition coefficient (Wildman–Crippen LogP) is 3.64. The van der Waals surface area contributed by atoms with Gasteiger partial charge in [-0.3, -0.25) is 0 Å². The molecule has 0 radical (unpaired) electrons. The number of hydrogen-bond donors (Lipinski definition) is 1. The summed E-state index contributed by atoms with van der Waals surface area (Å²) in [5.41, 5.74) is 3.30. The molecule has 16 heavy (non-hydrogen) atoms. The third-order valence-corrected chi connectivity index (χ3v) is 3.81. The summed E-state index contributed by atoms with van der Waals surface area (Å²) in [7, 11) is 0. The van der Waals surface area contributed by atoms with E-state index in [0.717, 1.165) is 12.8 Å². The standard InChI is InChI=1S/C15H24O/c1-6-15(16,11(2)3)10-14-12(4)8-7-9-13(14)5/h7-9,11,16H,6,10H2,1-5H3. The molecular weight excluding hydrogens is 196 g/mol. The van der Waals surface area contributed by atoms with Crippen molar-refractivity contribution in [2.45, 2.75) is 53.1 Å². The van der Waals surface area contributed by atoms with Gasteiger partial charge in [0.25, 0.3) is 0 Å². The van der Waals surface area contributed by atoms with Crippen LogP contribution in [0.1, 0.15) is 43.9 Å². The SMILES string of the molecule is CCC(O)(Cc1c(C)cccc1C)C(C)C. The van der Waals surface area contributed by atoms with E-state index in [1.54, 1.807) is 0 Å². The van der Waals surface area contributed by atoms with Gasteiger partial charge in [0.1, 0.15) is 0 Å². The van der Waals surface area contributed by atoms with E-state index >= 15 is 0 Å². The first-order chi connectivity index (χ1) is 7.40. The van der Waals surface area contributed by atoms with Crippen LogP contribution in [0.5, 0.6) is 0 Å². The summed E-state index contributed by atoms with van der Waals surface area (Å²) >= 11 is 0. The minimum Gasteiger partial charge on any atom is -0.389 e. The number of rotatable bonds is 4. The van der Waals surface area contributed by atoms with Crippen LogP contribution in [0.2, 0.25) is 0 Å². The third kappa shape index (κ3) is 2.65. The number of aryl methyl sites for hydroxylation is 2. The zero-order valence-corrected chi connectivity index (χ0v) is 11.2. The number of aliphatic hydroxyl groups is 1. The van der Waals surface area contributed by atoms with Crippen molar-refractivity contribution in [1.29, 1.82) is 0 Å². The average molecular weight is 220 g/mol. The molecule has 1 nitrogen and oxygen atoms in total. The van der Waals surface area contributed by atoms with Gasteiger partial charge in [-0.25, -0.2) is 0 Å². The first-order valence-corrected chi connectivity index (χ1v) is 6.18. The molecule has 0 aromatic heterocycles. The molecule has 0 aliphatic rings. The zero-order valence-electron chi connectivity index (χ0n) is 11.2. The molecule has 1 atom stereocenters. The Balaban J connectivity index is 3.03. The second kappa shape index (κ2) is 5.01. The molecule has 1 rings (SSSR count). The quantitative estimate of drug-likeness (QED) is 0.821. The van der Waals surface area contributed by atoms with Crippen LogP contribution in [0, 0.1) is 19.8 Å². The normalized spacial score (nSPS) is 15.2. The van der Waals surface area contributed by atoms with Crippen LogP contribution in [0.3, 0.4) is 0 Å². The van der Waals surface area contributed by atoms with Crippen LogP contribution in [0.25, 0.3) is 0 Å². The largest absolute Gasteiger partial charge is 0.389 e. The fourth-order valence-electron chi connectivity index (χ4n) is 2.17. The summed E-state index contributed by atoms with van der Waals surface area (Å²) in [5.74, 6) is 0.288. The highest BCUT2D eigenvalue weighted by Gasteiger charge is 2.29. The van der Waals surface area contributed by atoms with E-state index in [1.165, 1.54) is 16.7 Å². The highest BCUT2D eigenvalue weighted by molar-refractivity contribution is 5.34. The summed E-state index contributed by atoms with van der Waals surface area (Å²) in [6.07, 6.45) is 1.57. The Morgan fingerprint density at radius 3 is 2.06 bits per heavy atom. The molecule has 0 aliphatic carbocycles. The Morgan fingerprint density at radius 2 is 1.69 bits per heavy atom. The van der Waals surface area contributed by atoms with Gasteiger partial charge in [-0.05, 0) is 42.9 Å². The van der Waals surface area contributed by atoms with Crippen LogP contribution in [0.4, 0.5) is 0 Å². The van der Waals surface area contributed by atoms with Crippen LogP contribution in [-0.4, -0.2) is 10.7 Å². The van der Waals surface area contributed by atoms with Gasteiger partial charge >= 0.3 is 0 Å². The number of hydrogen-bond acceptors (Lipinski definition) is 1. The summed E-state index contributed by atoms with van der Waals surface area (Å²) in [5, 5.41) is 10.6. The molecule has 0 spiro atoms. The van der Waals surface area contributed by atoms with Gasteiger partial charge in [0, 0.05) is 6.42 Å². The molecule has 0 saturated heterocycles. The molecule has 0 aliphatic heterocycles. The van der Waals surface area contributed by atoms with Crippen molar-refractivity contribution < 1.29 is 5.11 Å².